The number of hydrogen-bond donors (Lipinski definition) is 1. The van der Waals surface area contributed by atoms with Crippen molar-refractivity contribution in [1.82, 2.24) is 0 Å². The number of amidine groups is 2. The highest BCUT2D eigenvalue weighted by Crippen LogP contribution is 2.30. The first-order valence-electron chi connectivity index (χ1n) is 7.67. The van der Waals surface area contributed by atoms with Crippen molar-refractivity contribution in [3.63, 3.8) is 0 Å². The quantitative estimate of drug-likeness (QED) is 0.738. The van der Waals surface area contributed by atoms with E-state index in [4.69, 9.17) is 9.52 Å². The molecule has 2 heterocycles. The number of quaternary nitrogens is 1. The average Bonchev–Trinajstić information content (AvgIpc) is 3.18. The van der Waals surface area contributed by atoms with Crippen LogP contribution < -0.4 is 0 Å². The van der Waals surface area contributed by atoms with Gasteiger partial charge in [-0.1, -0.05) is 38.3 Å². The molecule has 0 saturated heterocycles. The Hall–Kier alpha value is -1.90. The lowest BCUT2D eigenvalue weighted by Crippen LogP contribution is -2.50. The Bertz CT molecular complexity index is 860. The van der Waals surface area contributed by atoms with Crippen LogP contribution in [0.15, 0.2) is 55.5 Å². The van der Waals surface area contributed by atoms with Crippen LogP contribution in [0.5, 0.6) is 0 Å². The predicted molar refractivity (Wildman–Crippen MR) is 103 cm³/mol. The second-order valence-corrected chi connectivity index (χ2v) is 7.53. The largest absolute Gasteiger partial charge is 0.481 e. The lowest BCUT2D eigenvalue weighted by atomic mass is 10.2. The van der Waals surface area contributed by atoms with Gasteiger partial charge in [-0.25, -0.2) is 4.48 Å². The van der Waals surface area contributed by atoms with Crippen LogP contribution in [0.2, 0.25) is 0 Å². The summed E-state index contributed by atoms with van der Waals surface area (Å²) in [6, 6.07) is 11.6. The molecule has 0 amide bonds. The number of aliphatic carboxylic acids is 1. The van der Waals surface area contributed by atoms with E-state index in [1.54, 1.807) is 0 Å². The molecule has 8 heteroatoms. The fraction of sp³-hybridized carbons (Fsp3) is 0.235. The lowest BCUT2D eigenvalue weighted by Gasteiger charge is -2.27. The number of nitrogens with zero attached hydrogens (tertiary/aromatic N) is 3. The number of thioether (sulfide) groups is 1. The van der Waals surface area contributed by atoms with Crippen molar-refractivity contribution in [2.45, 2.75) is 6.92 Å². The molecular formula is C17H17BrN3O3S+. The summed E-state index contributed by atoms with van der Waals surface area (Å²) in [5.41, 5.74) is 0.972. The molecule has 1 atom stereocenters. The molecule has 0 bridgehead atoms. The Labute approximate surface area is 158 Å². The third kappa shape index (κ3) is 3.56. The molecule has 1 aliphatic heterocycles. The summed E-state index contributed by atoms with van der Waals surface area (Å²) >= 11 is 4.61. The van der Waals surface area contributed by atoms with Gasteiger partial charge in [-0.15, -0.1) is 0 Å². The van der Waals surface area contributed by atoms with Gasteiger partial charge in [0.05, 0.1) is 13.6 Å². The Morgan fingerprint density at radius 2 is 1.88 bits per heavy atom. The van der Waals surface area contributed by atoms with Crippen LogP contribution in [0.4, 0.5) is 0 Å². The molecule has 0 aliphatic carbocycles. The van der Waals surface area contributed by atoms with Gasteiger partial charge in [0, 0.05) is 10.0 Å². The SMILES string of the molecule is CC[N+]1(C)C(SCC(=O)O)=NN=C1c1ccc(-c2ccc(Br)cc2)o1. The van der Waals surface area contributed by atoms with Gasteiger partial charge in [0.2, 0.25) is 5.76 Å². The highest BCUT2D eigenvalue weighted by atomic mass is 79.9. The van der Waals surface area contributed by atoms with Crippen LogP contribution in [-0.2, 0) is 4.79 Å². The average molecular weight is 423 g/mol. The van der Waals surface area contributed by atoms with Crippen molar-refractivity contribution in [3.05, 3.63) is 46.6 Å². The van der Waals surface area contributed by atoms with Crippen molar-refractivity contribution in [2.24, 2.45) is 10.2 Å². The molecule has 1 N–H and O–H groups in total. The number of carbonyl (C=O) groups is 1. The zero-order chi connectivity index (χ0) is 18.0. The zero-order valence-electron chi connectivity index (χ0n) is 13.8. The summed E-state index contributed by atoms with van der Waals surface area (Å²) in [7, 11) is 1.96. The van der Waals surface area contributed by atoms with Crippen molar-refractivity contribution < 1.29 is 18.8 Å². The first kappa shape index (κ1) is 17.9. The number of carboxylic acids is 1. The number of furan rings is 1. The van der Waals surface area contributed by atoms with Gasteiger partial charge >= 0.3 is 5.97 Å². The van der Waals surface area contributed by atoms with Gasteiger partial charge in [-0.3, -0.25) is 4.79 Å². The molecule has 130 valence electrons. The van der Waals surface area contributed by atoms with Gasteiger partial charge < -0.3 is 9.52 Å². The van der Waals surface area contributed by atoms with E-state index in [0.29, 0.717) is 27.8 Å². The first-order valence-corrected chi connectivity index (χ1v) is 9.45. The Morgan fingerprint density at radius 1 is 1.20 bits per heavy atom. The second kappa shape index (κ2) is 7.15. The molecule has 0 fully saturated rings. The van der Waals surface area contributed by atoms with E-state index >= 15 is 0 Å². The molecule has 0 spiro atoms. The van der Waals surface area contributed by atoms with Crippen LogP contribution in [0, 0.1) is 0 Å². The Kier molecular flexibility index (Phi) is 5.12. The summed E-state index contributed by atoms with van der Waals surface area (Å²) in [5.74, 6) is 1.15. The molecule has 2 aromatic rings. The minimum atomic E-state index is -0.876. The second-order valence-electron chi connectivity index (χ2n) is 5.67. The molecule has 1 aromatic heterocycles. The molecule has 1 aliphatic rings. The highest BCUT2D eigenvalue weighted by molar-refractivity contribution is 9.10. The third-order valence-corrected chi connectivity index (χ3v) is 5.70. The van der Waals surface area contributed by atoms with Gasteiger partial charge in [0.15, 0.2) is 0 Å². The molecule has 1 aromatic carbocycles. The number of benzene rings is 1. The normalized spacial score (nSPS) is 19.6. The van der Waals surface area contributed by atoms with E-state index in [0.717, 1.165) is 15.8 Å². The van der Waals surface area contributed by atoms with E-state index < -0.39 is 5.97 Å². The van der Waals surface area contributed by atoms with Crippen molar-refractivity contribution >= 4 is 44.7 Å². The number of rotatable bonds is 5. The fourth-order valence-electron chi connectivity index (χ4n) is 2.48. The molecule has 3 rings (SSSR count). The van der Waals surface area contributed by atoms with E-state index in [1.807, 2.05) is 50.4 Å². The number of carboxylic acid groups (broad SMARTS) is 1. The predicted octanol–water partition coefficient (Wildman–Crippen LogP) is 4.02. The van der Waals surface area contributed by atoms with E-state index in [1.165, 1.54) is 11.8 Å². The van der Waals surface area contributed by atoms with Crippen LogP contribution >= 0.6 is 27.7 Å². The summed E-state index contributed by atoms with van der Waals surface area (Å²) in [6.07, 6.45) is 0. The van der Waals surface area contributed by atoms with Crippen molar-refractivity contribution in [2.75, 3.05) is 19.3 Å². The maximum Gasteiger partial charge on any atom is 0.314 e. The molecule has 0 radical (unpaired) electrons. The van der Waals surface area contributed by atoms with Gasteiger partial charge in [0.1, 0.15) is 11.5 Å². The standard InChI is InChI=1S/C17H16BrN3O3S/c1-3-21(2)16(19-20-17(21)25-10-15(22)23)14-9-8-13(24-14)11-4-6-12(18)7-5-11/h4-9H,3,10H2,1-2H3/p+1. The maximum absolute atomic E-state index is 10.8. The molecule has 6 nitrogen and oxygen atoms in total. The Morgan fingerprint density at radius 3 is 2.52 bits per heavy atom. The van der Waals surface area contributed by atoms with Crippen LogP contribution in [0.3, 0.4) is 0 Å². The Balaban J connectivity index is 1.85. The lowest BCUT2D eigenvalue weighted by molar-refractivity contribution is -0.714. The van der Waals surface area contributed by atoms with E-state index in [2.05, 4.69) is 26.1 Å². The summed E-state index contributed by atoms with van der Waals surface area (Å²) in [6.45, 7) is 2.70. The minimum absolute atomic E-state index is 0.0439. The summed E-state index contributed by atoms with van der Waals surface area (Å²) in [5, 5.41) is 18.0. The molecule has 25 heavy (non-hydrogen) atoms. The van der Waals surface area contributed by atoms with Gasteiger partial charge in [0.25, 0.3) is 11.0 Å². The minimum Gasteiger partial charge on any atom is -0.481 e. The first-order chi connectivity index (χ1) is 11.9. The molecular weight excluding hydrogens is 406 g/mol. The monoisotopic (exact) mass is 422 g/mol. The third-order valence-electron chi connectivity index (χ3n) is 4.03. The van der Waals surface area contributed by atoms with E-state index in [-0.39, 0.29) is 5.75 Å². The van der Waals surface area contributed by atoms with E-state index in [9.17, 15) is 4.79 Å². The fourth-order valence-corrected chi connectivity index (χ4v) is 3.60. The number of halogens is 1. The van der Waals surface area contributed by atoms with Gasteiger partial charge in [-0.05, 0) is 43.0 Å². The molecule has 0 saturated carbocycles. The smallest absolute Gasteiger partial charge is 0.314 e. The van der Waals surface area contributed by atoms with Crippen molar-refractivity contribution in [3.8, 4) is 11.3 Å². The van der Waals surface area contributed by atoms with Crippen LogP contribution in [0.1, 0.15) is 12.7 Å². The number of hydrogen-bond acceptors (Lipinski definition) is 5. The van der Waals surface area contributed by atoms with Crippen molar-refractivity contribution in [1.29, 1.82) is 0 Å². The summed E-state index contributed by atoms with van der Waals surface area (Å²) in [4.78, 5) is 10.8. The molecule has 1 unspecified atom stereocenters. The van der Waals surface area contributed by atoms with Gasteiger partial charge in [-0.2, -0.15) is 0 Å². The summed E-state index contributed by atoms with van der Waals surface area (Å²) < 4.78 is 7.34. The maximum atomic E-state index is 10.8. The topological polar surface area (TPSA) is 75.2 Å². The zero-order valence-corrected chi connectivity index (χ0v) is 16.2. The van der Waals surface area contributed by atoms with Crippen LogP contribution in [-0.4, -0.2) is 45.9 Å². The highest BCUT2D eigenvalue weighted by Gasteiger charge is 2.42. The van der Waals surface area contributed by atoms with Crippen LogP contribution in [0.25, 0.3) is 11.3 Å².